The van der Waals surface area contributed by atoms with Gasteiger partial charge in [0, 0.05) is 23.6 Å². The Morgan fingerprint density at radius 3 is 2.50 bits per heavy atom. The second-order valence-electron chi connectivity index (χ2n) is 6.14. The Hall–Kier alpha value is -3.19. The minimum absolute atomic E-state index is 0.194. The van der Waals surface area contributed by atoms with Gasteiger partial charge in [-0.25, -0.2) is 4.98 Å². The normalized spacial score (nSPS) is 10.4. The molecule has 0 saturated heterocycles. The van der Waals surface area contributed by atoms with Crippen molar-refractivity contribution in [2.24, 2.45) is 0 Å². The molecule has 2 N–H and O–H groups in total. The van der Waals surface area contributed by atoms with Crippen LogP contribution in [0.1, 0.15) is 29.9 Å². The second-order valence-corrected chi connectivity index (χ2v) is 7.00. The Morgan fingerprint density at radius 1 is 1.11 bits per heavy atom. The predicted molar refractivity (Wildman–Crippen MR) is 112 cm³/mol. The van der Waals surface area contributed by atoms with Crippen LogP contribution in [0.2, 0.25) is 0 Å². The number of nitrogens with zero attached hydrogens (tertiary/aromatic N) is 1. The third kappa shape index (κ3) is 4.55. The van der Waals surface area contributed by atoms with Crippen LogP contribution >= 0.6 is 11.3 Å². The van der Waals surface area contributed by atoms with Gasteiger partial charge in [0.15, 0.2) is 0 Å². The van der Waals surface area contributed by atoms with Gasteiger partial charge < -0.3 is 15.4 Å². The van der Waals surface area contributed by atoms with Gasteiger partial charge in [-0.2, -0.15) is 0 Å². The van der Waals surface area contributed by atoms with Crippen molar-refractivity contribution in [2.45, 2.75) is 20.3 Å². The molecule has 0 bridgehead atoms. The minimum Gasteiger partial charge on any atom is -0.495 e. The Balaban J connectivity index is 1.79. The first-order valence-corrected chi connectivity index (χ1v) is 9.70. The summed E-state index contributed by atoms with van der Waals surface area (Å²) in [5.74, 6) is -0.0420. The van der Waals surface area contributed by atoms with Gasteiger partial charge in [-0.1, -0.05) is 31.2 Å². The number of nitrogens with one attached hydrogen (secondary N) is 2. The van der Waals surface area contributed by atoms with E-state index < -0.39 is 0 Å². The summed E-state index contributed by atoms with van der Waals surface area (Å²) in [6.07, 6.45) is 0.977. The van der Waals surface area contributed by atoms with Crippen LogP contribution in [-0.4, -0.2) is 23.9 Å². The Kier molecular flexibility index (Phi) is 6.06. The molecule has 0 radical (unpaired) electrons. The summed E-state index contributed by atoms with van der Waals surface area (Å²) in [5.41, 5.74) is 3.58. The van der Waals surface area contributed by atoms with Crippen molar-refractivity contribution in [1.29, 1.82) is 0 Å². The van der Waals surface area contributed by atoms with Crippen LogP contribution in [0.5, 0.6) is 5.75 Å². The second kappa shape index (κ2) is 8.67. The van der Waals surface area contributed by atoms with E-state index in [0.29, 0.717) is 22.8 Å². The summed E-state index contributed by atoms with van der Waals surface area (Å²) >= 11 is 1.42. The summed E-state index contributed by atoms with van der Waals surface area (Å²) in [5, 5.41) is 8.00. The van der Waals surface area contributed by atoms with Crippen molar-refractivity contribution in [3.05, 3.63) is 59.1 Å². The maximum Gasteiger partial charge on any atom is 0.275 e. The summed E-state index contributed by atoms with van der Waals surface area (Å²) < 4.78 is 5.29. The number of methoxy groups -OCH3 is 1. The molecule has 6 nitrogen and oxygen atoms in total. The van der Waals surface area contributed by atoms with E-state index in [2.05, 4.69) is 34.7 Å². The number of hydrogen-bond donors (Lipinski definition) is 2. The quantitative estimate of drug-likeness (QED) is 0.640. The van der Waals surface area contributed by atoms with Gasteiger partial charge in [-0.05, 0) is 30.2 Å². The first kappa shape index (κ1) is 19.6. The van der Waals surface area contributed by atoms with Gasteiger partial charge in [-0.15, -0.1) is 11.3 Å². The number of benzene rings is 2. The molecule has 0 unspecified atom stereocenters. The van der Waals surface area contributed by atoms with E-state index in [0.717, 1.165) is 17.0 Å². The van der Waals surface area contributed by atoms with Gasteiger partial charge in [0.2, 0.25) is 5.91 Å². The highest BCUT2D eigenvalue weighted by atomic mass is 32.1. The smallest absolute Gasteiger partial charge is 0.275 e. The molecule has 1 heterocycles. The lowest BCUT2D eigenvalue weighted by atomic mass is 10.1. The Labute approximate surface area is 167 Å². The highest BCUT2D eigenvalue weighted by Crippen LogP contribution is 2.29. The molecular weight excluding hydrogens is 374 g/mol. The molecule has 2 amide bonds. The van der Waals surface area contributed by atoms with E-state index in [1.54, 1.807) is 23.6 Å². The van der Waals surface area contributed by atoms with Gasteiger partial charge in [0.25, 0.3) is 5.91 Å². The van der Waals surface area contributed by atoms with Crippen LogP contribution in [-0.2, 0) is 11.2 Å². The first-order valence-electron chi connectivity index (χ1n) is 8.82. The number of carbonyl (C=O) groups excluding carboxylic acids is 2. The zero-order valence-corrected chi connectivity index (χ0v) is 16.7. The average Bonchev–Trinajstić information content (AvgIpc) is 3.18. The summed E-state index contributed by atoms with van der Waals surface area (Å²) in [6.45, 7) is 3.53. The highest BCUT2D eigenvalue weighted by Gasteiger charge is 2.15. The summed E-state index contributed by atoms with van der Waals surface area (Å²) in [4.78, 5) is 28.4. The van der Waals surface area contributed by atoms with E-state index in [-0.39, 0.29) is 11.8 Å². The van der Waals surface area contributed by atoms with Gasteiger partial charge in [0.1, 0.15) is 16.5 Å². The Morgan fingerprint density at radius 2 is 1.86 bits per heavy atom. The van der Waals surface area contributed by atoms with Crippen molar-refractivity contribution >= 4 is 34.5 Å². The number of amides is 2. The monoisotopic (exact) mass is 395 g/mol. The van der Waals surface area contributed by atoms with Crippen LogP contribution in [0.25, 0.3) is 10.6 Å². The van der Waals surface area contributed by atoms with E-state index in [4.69, 9.17) is 4.74 Å². The average molecular weight is 395 g/mol. The molecule has 3 aromatic rings. The van der Waals surface area contributed by atoms with Crippen LogP contribution in [0, 0.1) is 0 Å². The van der Waals surface area contributed by atoms with Crippen LogP contribution in [0.4, 0.5) is 11.4 Å². The fourth-order valence-electron chi connectivity index (χ4n) is 2.67. The van der Waals surface area contributed by atoms with Crippen LogP contribution < -0.4 is 15.4 Å². The number of hydrogen-bond acceptors (Lipinski definition) is 5. The summed E-state index contributed by atoms with van der Waals surface area (Å²) in [7, 11) is 1.52. The number of aryl methyl sites for hydroxylation is 1. The standard InChI is InChI=1S/C21H21N3O3S/c1-4-14-5-7-15(8-6-14)21-24-18(12-28-21)20(26)23-17-11-16(22-13(2)25)9-10-19(17)27-3/h5-12H,4H2,1-3H3,(H,22,25)(H,23,26). The topological polar surface area (TPSA) is 80.3 Å². The summed E-state index contributed by atoms with van der Waals surface area (Å²) in [6, 6.07) is 13.2. The molecule has 0 aliphatic rings. The van der Waals surface area contributed by atoms with E-state index in [1.165, 1.54) is 30.9 Å². The fraction of sp³-hybridized carbons (Fsp3) is 0.190. The van der Waals surface area contributed by atoms with Gasteiger partial charge >= 0.3 is 0 Å². The number of thiazole rings is 1. The minimum atomic E-state index is -0.342. The Bertz CT molecular complexity index is 996. The number of carbonyl (C=O) groups is 2. The van der Waals surface area contributed by atoms with Crippen LogP contribution in [0.15, 0.2) is 47.8 Å². The predicted octanol–water partition coefficient (Wildman–Crippen LogP) is 4.59. The van der Waals surface area contributed by atoms with Crippen molar-refractivity contribution in [2.75, 3.05) is 17.7 Å². The highest BCUT2D eigenvalue weighted by molar-refractivity contribution is 7.13. The van der Waals surface area contributed by atoms with E-state index >= 15 is 0 Å². The van der Waals surface area contributed by atoms with Crippen molar-refractivity contribution in [3.63, 3.8) is 0 Å². The molecule has 144 valence electrons. The lowest BCUT2D eigenvalue weighted by Gasteiger charge is -2.11. The molecule has 28 heavy (non-hydrogen) atoms. The molecule has 2 aromatic carbocycles. The molecule has 3 rings (SSSR count). The molecule has 7 heteroatoms. The molecule has 0 aliphatic heterocycles. The molecule has 1 aromatic heterocycles. The SMILES string of the molecule is CCc1ccc(-c2nc(C(=O)Nc3cc(NC(C)=O)ccc3OC)cs2)cc1. The number of ether oxygens (including phenoxy) is 1. The zero-order chi connectivity index (χ0) is 20.1. The van der Waals surface area contributed by atoms with Gasteiger partial charge in [-0.3, -0.25) is 9.59 Å². The lowest BCUT2D eigenvalue weighted by Crippen LogP contribution is -2.14. The maximum absolute atomic E-state index is 12.7. The van der Waals surface area contributed by atoms with Crippen molar-refractivity contribution < 1.29 is 14.3 Å². The lowest BCUT2D eigenvalue weighted by molar-refractivity contribution is -0.114. The maximum atomic E-state index is 12.7. The van der Waals surface area contributed by atoms with Crippen LogP contribution in [0.3, 0.4) is 0 Å². The molecule has 0 atom stereocenters. The van der Waals surface area contributed by atoms with E-state index in [1.807, 2.05) is 12.1 Å². The number of rotatable bonds is 6. The molecule has 0 saturated carbocycles. The number of anilines is 2. The third-order valence-electron chi connectivity index (χ3n) is 4.11. The molecule has 0 aliphatic carbocycles. The molecular formula is C21H21N3O3S. The largest absolute Gasteiger partial charge is 0.495 e. The van der Waals surface area contributed by atoms with Crippen molar-refractivity contribution in [1.82, 2.24) is 4.98 Å². The molecule has 0 spiro atoms. The van der Waals surface area contributed by atoms with Gasteiger partial charge in [0.05, 0.1) is 12.8 Å². The fourth-order valence-corrected chi connectivity index (χ4v) is 3.47. The number of aromatic nitrogens is 1. The zero-order valence-electron chi connectivity index (χ0n) is 15.9. The third-order valence-corrected chi connectivity index (χ3v) is 5.01. The molecule has 0 fully saturated rings. The first-order chi connectivity index (χ1) is 13.5. The van der Waals surface area contributed by atoms with Crippen molar-refractivity contribution in [3.8, 4) is 16.3 Å². The van der Waals surface area contributed by atoms with E-state index in [9.17, 15) is 9.59 Å².